The highest BCUT2D eigenvalue weighted by atomic mass is 16.5. The third-order valence-corrected chi connectivity index (χ3v) is 4.88. The van der Waals surface area contributed by atoms with Crippen LogP contribution < -0.4 is 5.32 Å². The van der Waals surface area contributed by atoms with Gasteiger partial charge in [0.15, 0.2) is 0 Å². The molecule has 1 N–H and O–H groups in total. The van der Waals surface area contributed by atoms with Crippen LogP contribution in [0.25, 0.3) is 0 Å². The third-order valence-electron chi connectivity index (χ3n) is 4.88. The Labute approximate surface area is 119 Å². The SMILES string of the molecule is CCCNCC1(CN(C)CC2CCC2)CCOCC1. The fourth-order valence-electron chi connectivity index (χ4n) is 3.48. The van der Waals surface area contributed by atoms with Crippen molar-refractivity contribution in [3.05, 3.63) is 0 Å². The van der Waals surface area contributed by atoms with Gasteiger partial charge in [0.05, 0.1) is 0 Å². The zero-order chi connectivity index (χ0) is 13.6. The van der Waals surface area contributed by atoms with Crippen molar-refractivity contribution in [1.29, 1.82) is 0 Å². The van der Waals surface area contributed by atoms with Crippen LogP contribution in [0.4, 0.5) is 0 Å². The van der Waals surface area contributed by atoms with Crippen LogP contribution in [0.5, 0.6) is 0 Å². The summed E-state index contributed by atoms with van der Waals surface area (Å²) >= 11 is 0. The molecule has 0 spiro atoms. The minimum atomic E-state index is 0.450. The molecule has 2 rings (SSSR count). The van der Waals surface area contributed by atoms with Crippen molar-refractivity contribution >= 4 is 0 Å². The average Bonchev–Trinajstić information content (AvgIpc) is 2.35. The summed E-state index contributed by atoms with van der Waals surface area (Å²) in [7, 11) is 2.31. The zero-order valence-corrected chi connectivity index (χ0v) is 12.9. The lowest BCUT2D eigenvalue weighted by Crippen LogP contribution is -2.47. The van der Waals surface area contributed by atoms with Crippen LogP contribution in [0, 0.1) is 11.3 Å². The van der Waals surface area contributed by atoms with Gasteiger partial charge in [0, 0.05) is 32.8 Å². The summed E-state index contributed by atoms with van der Waals surface area (Å²) in [5.74, 6) is 0.977. The molecule has 0 amide bonds. The molecule has 3 nitrogen and oxygen atoms in total. The molecule has 1 saturated carbocycles. The predicted octanol–water partition coefficient (Wildman–Crippen LogP) is 2.51. The van der Waals surface area contributed by atoms with E-state index in [-0.39, 0.29) is 0 Å². The highest BCUT2D eigenvalue weighted by Crippen LogP contribution is 2.32. The van der Waals surface area contributed by atoms with Crippen molar-refractivity contribution in [2.45, 2.75) is 45.4 Å². The molecular formula is C16H32N2O. The number of ether oxygens (including phenoxy) is 1. The average molecular weight is 268 g/mol. The van der Waals surface area contributed by atoms with Crippen LogP contribution in [0.15, 0.2) is 0 Å². The molecular weight excluding hydrogens is 236 g/mol. The summed E-state index contributed by atoms with van der Waals surface area (Å²) in [6.07, 6.45) is 8.03. The summed E-state index contributed by atoms with van der Waals surface area (Å²) in [4.78, 5) is 2.59. The first kappa shape index (κ1) is 15.3. The molecule has 2 fully saturated rings. The molecule has 0 atom stereocenters. The summed E-state index contributed by atoms with van der Waals surface area (Å²) in [6, 6.07) is 0. The molecule has 1 aliphatic carbocycles. The number of hydrogen-bond acceptors (Lipinski definition) is 3. The van der Waals surface area contributed by atoms with Gasteiger partial charge >= 0.3 is 0 Å². The van der Waals surface area contributed by atoms with Gasteiger partial charge in [0.25, 0.3) is 0 Å². The Balaban J connectivity index is 1.80. The van der Waals surface area contributed by atoms with Crippen molar-refractivity contribution in [1.82, 2.24) is 10.2 Å². The minimum absolute atomic E-state index is 0.450. The predicted molar refractivity (Wildman–Crippen MR) is 80.5 cm³/mol. The molecule has 112 valence electrons. The van der Waals surface area contributed by atoms with Gasteiger partial charge in [-0.25, -0.2) is 0 Å². The Morgan fingerprint density at radius 3 is 2.58 bits per heavy atom. The van der Waals surface area contributed by atoms with E-state index in [1.54, 1.807) is 0 Å². The zero-order valence-electron chi connectivity index (χ0n) is 12.9. The molecule has 2 aliphatic rings. The highest BCUT2D eigenvalue weighted by molar-refractivity contribution is 4.87. The lowest BCUT2D eigenvalue weighted by atomic mass is 9.78. The molecule has 1 saturated heterocycles. The molecule has 0 bridgehead atoms. The lowest BCUT2D eigenvalue weighted by Gasteiger charge is -2.42. The second kappa shape index (κ2) is 7.61. The first-order chi connectivity index (χ1) is 9.24. The van der Waals surface area contributed by atoms with E-state index in [1.165, 1.54) is 58.2 Å². The van der Waals surface area contributed by atoms with Gasteiger partial charge in [-0.1, -0.05) is 13.3 Å². The molecule has 3 heteroatoms. The van der Waals surface area contributed by atoms with Crippen molar-refractivity contribution in [3.63, 3.8) is 0 Å². The van der Waals surface area contributed by atoms with E-state index in [4.69, 9.17) is 4.74 Å². The van der Waals surface area contributed by atoms with Crippen molar-refractivity contribution < 1.29 is 4.74 Å². The minimum Gasteiger partial charge on any atom is -0.381 e. The van der Waals surface area contributed by atoms with E-state index >= 15 is 0 Å². The van der Waals surface area contributed by atoms with Gasteiger partial charge in [0.2, 0.25) is 0 Å². The quantitative estimate of drug-likeness (QED) is 0.685. The Kier molecular flexibility index (Phi) is 6.11. The Morgan fingerprint density at radius 1 is 1.26 bits per heavy atom. The first-order valence-corrected chi connectivity index (χ1v) is 8.21. The maximum absolute atomic E-state index is 5.58. The highest BCUT2D eigenvalue weighted by Gasteiger charge is 2.34. The number of nitrogens with one attached hydrogen (secondary N) is 1. The summed E-state index contributed by atoms with van der Waals surface area (Å²) < 4.78 is 5.58. The van der Waals surface area contributed by atoms with Crippen LogP contribution in [0.2, 0.25) is 0 Å². The molecule has 0 aromatic carbocycles. The second-order valence-corrected chi connectivity index (χ2v) is 6.78. The molecule has 0 unspecified atom stereocenters. The monoisotopic (exact) mass is 268 g/mol. The number of hydrogen-bond donors (Lipinski definition) is 1. The number of nitrogens with zero attached hydrogens (tertiary/aromatic N) is 1. The topological polar surface area (TPSA) is 24.5 Å². The maximum Gasteiger partial charge on any atom is 0.0472 e. The van der Waals surface area contributed by atoms with Crippen LogP contribution >= 0.6 is 0 Å². The van der Waals surface area contributed by atoms with Crippen molar-refractivity contribution in [3.8, 4) is 0 Å². The van der Waals surface area contributed by atoms with Gasteiger partial charge in [-0.3, -0.25) is 0 Å². The van der Waals surface area contributed by atoms with Crippen LogP contribution in [0.1, 0.15) is 45.4 Å². The van der Waals surface area contributed by atoms with Gasteiger partial charge in [-0.05, 0) is 57.0 Å². The van der Waals surface area contributed by atoms with Crippen LogP contribution in [-0.4, -0.2) is 51.3 Å². The Bertz CT molecular complexity index is 247. The first-order valence-electron chi connectivity index (χ1n) is 8.21. The second-order valence-electron chi connectivity index (χ2n) is 6.78. The normalized spacial score (nSPS) is 23.5. The van der Waals surface area contributed by atoms with Gasteiger partial charge < -0.3 is 15.0 Å². The van der Waals surface area contributed by atoms with Gasteiger partial charge in [-0.15, -0.1) is 0 Å². The van der Waals surface area contributed by atoms with Crippen molar-refractivity contribution in [2.75, 3.05) is 46.4 Å². The molecule has 1 heterocycles. The van der Waals surface area contributed by atoms with E-state index in [1.807, 2.05) is 0 Å². The van der Waals surface area contributed by atoms with E-state index in [2.05, 4.69) is 24.2 Å². The van der Waals surface area contributed by atoms with E-state index in [0.717, 1.165) is 25.7 Å². The lowest BCUT2D eigenvalue weighted by molar-refractivity contribution is -0.00399. The van der Waals surface area contributed by atoms with E-state index in [9.17, 15) is 0 Å². The summed E-state index contributed by atoms with van der Waals surface area (Å²) in [6.45, 7) is 9.00. The molecule has 1 aliphatic heterocycles. The molecule has 0 aromatic heterocycles. The smallest absolute Gasteiger partial charge is 0.0472 e. The van der Waals surface area contributed by atoms with E-state index < -0.39 is 0 Å². The summed E-state index contributed by atoms with van der Waals surface area (Å²) in [5.41, 5.74) is 0.450. The summed E-state index contributed by atoms with van der Waals surface area (Å²) in [5, 5.41) is 3.65. The molecule has 19 heavy (non-hydrogen) atoms. The molecule has 0 radical (unpaired) electrons. The van der Waals surface area contributed by atoms with Gasteiger partial charge in [-0.2, -0.15) is 0 Å². The van der Waals surface area contributed by atoms with Gasteiger partial charge in [0.1, 0.15) is 0 Å². The fourth-order valence-corrected chi connectivity index (χ4v) is 3.48. The van der Waals surface area contributed by atoms with Crippen LogP contribution in [-0.2, 0) is 4.74 Å². The Hall–Kier alpha value is -0.120. The maximum atomic E-state index is 5.58. The number of rotatable bonds is 8. The standard InChI is InChI=1S/C16H32N2O/c1-3-9-17-13-16(7-10-19-11-8-16)14-18(2)12-15-5-4-6-15/h15,17H,3-14H2,1-2H3. The van der Waals surface area contributed by atoms with E-state index in [0.29, 0.717) is 5.41 Å². The third kappa shape index (κ3) is 4.73. The largest absolute Gasteiger partial charge is 0.381 e. The Morgan fingerprint density at radius 2 is 2.00 bits per heavy atom. The van der Waals surface area contributed by atoms with Crippen molar-refractivity contribution in [2.24, 2.45) is 11.3 Å². The molecule has 0 aromatic rings. The fraction of sp³-hybridized carbons (Fsp3) is 1.00. The van der Waals surface area contributed by atoms with Crippen LogP contribution in [0.3, 0.4) is 0 Å².